The first-order chi connectivity index (χ1) is 13.2. The molecule has 0 saturated heterocycles. The Bertz CT molecular complexity index is 854. The molecule has 3 aromatic rings. The number of rotatable bonds is 6. The molecule has 1 unspecified atom stereocenters. The van der Waals surface area contributed by atoms with Gasteiger partial charge in [-0.1, -0.05) is 66.7 Å². The zero-order valence-electron chi connectivity index (χ0n) is 15.7. The number of hydrogen-bond donors (Lipinski definition) is 0. The fourth-order valence-electron chi connectivity index (χ4n) is 3.66. The van der Waals surface area contributed by atoms with Crippen LogP contribution in [0.2, 0.25) is 0 Å². The molecule has 1 aliphatic rings. The predicted molar refractivity (Wildman–Crippen MR) is 117 cm³/mol. The highest BCUT2D eigenvalue weighted by Gasteiger charge is 2.40. The molecule has 3 heteroatoms. The highest BCUT2D eigenvalue weighted by Crippen LogP contribution is 2.52. The van der Waals surface area contributed by atoms with Crippen molar-refractivity contribution in [1.29, 1.82) is 0 Å². The van der Waals surface area contributed by atoms with Gasteiger partial charge in [0.25, 0.3) is 0 Å². The molecule has 0 bridgehead atoms. The van der Waals surface area contributed by atoms with Crippen LogP contribution in [0, 0.1) is 0 Å². The Morgan fingerprint density at radius 3 is 1.89 bits per heavy atom. The van der Waals surface area contributed by atoms with Gasteiger partial charge in [0.15, 0.2) is 0 Å². The van der Waals surface area contributed by atoms with Crippen LogP contribution in [-0.2, 0) is 11.2 Å². The van der Waals surface area contributed by atoms with E-state index in [0.717, 1.165) is 18.5 Å². The van der Waals surface area contributed by atoms with Gasteiger partial charge in [-0.2, -0.15) is 0 Å². The third-order valence-electron chi connectivity index (χ3n) is 5.19. The number of nitrogens with zero attached hydrogens (tertiary/aromatic N) is 1. The van der Waals surface area contributed by atoms with Gasteiger partial charge in [-0.3, -0.25) is 0 Å². The van der Waals surface area contributed by atoms with E-state index in [9.17, 15) is 0 Å². The standard InChI is InChI=1S/C24H25NOP/c1-27(22-13-7-3-8-14-22,23-15-9-4-10-16-23)19-24-25-21(18-26-24)17-20-11-5-2-6-12-20/h2-16,21H,17-19H2,1H3/q+1. The van der Waals surface area contributed by atoms with Crippen LogP contribution in [0.1, 0.15) is 5.56 Å². The summed E-state index contributed by atoms with van der Waals surface area (Å²) >= 11 is 0. The first kappa shape index (κ1) is 17.9. The summed E-state index contributed by atoms with van der Waals surface area (Å²) in [4.78, 5) is 4.94. The predicted octanol–water partition coefficient (Wildman–Crippen LogP) is 4.32. The molecule has 0 aromatic heterocycles. The van der Waals surface area contributed by atoms with Crippen molar-refractivity contribution in [3.63, 3.8) is 0 Å². The van der Waals surface area contributed by atoms with E-state index in [-0.39, 0.29) is 6.04 Å². The number of ether oxygens (including phenoxy) is 1. The molecular weight excluding hydrogens is 349 g/mol. The normalized spacial score (nSPS) is 16.6. The van der Waals surface area contributed by atoms with Gasteiger partial charge >= 0.3 is 0 Å². The van der Waals surface area contributed by atoms with E-state index in [4.69, 9.17) is 9.73 Å². The highest BCUT2D eigenvalue weighted by molar-refractivity contribution is 7.89. The molecule has 0 aliphatic carbocycles. The van der Waals surface area contributed by atoms with E-state index < -0.39 is 7.26 Å². The molecule has 136 valence electrons. The van der Waals surface area contributed by atoms with E-state index in [1.54, 1.807) is 0 Å². The largest absolute Gasteiger partial charge is 0.476 e. The molecule has 1 atom stereocenters. The fourth-order valence-corrected chi connectivity index (χ4v) is 6.70. The van der Waals surface area contributed by atoms with Gasteiger partial charge < -0.3 is 4.74 Å². The van der Waals surface area contributed by atoms with E-state index in [2.05, 4.69) is 97.7 Å². The summed E-state index contributed by atoms with van der Waals surface area (Å²) in [5.74, 6) is 0.916. The lowest BCUT2D eigenvalue weighted by Crippen LogP contribution is -2.27. The molecule has 4 rings (SSSR count). The van der Waals surface area contributed by atoms with Crippen LogP contribution in [0.5, 0.6) is 0 Å². The van der Waals surface area contributed by atoms with Crippen LogP contribution >= 0.6 is 7.26 Å². The second kappa shape index (κ2) is 8.06. The van der Waals surface area contributed by atoms with Crippen LogP contribution in [0.25, 0.3) is 0 Å². The summed E-state index contributed by atoms with van der Waals surface area (Å²) in [7, 11) is -1.59. The molecule has 0 fully saturated rings. The van der Waals surface area contributed by atoms with Crippen LogP contribution < -0.4 is 10.6 Å². The Kier molecular flexibility index (Phi) is 5.36. The van der Waals surface area contributed by atoms with Crippen LogP contribution in [-0.4, -0.2) is 31.4 Å². The van der Waals surface area contributed by atoms with Crippen molar-refractivity contribution in [2.24, 2.45) is 4.99 Å². The summed E-state index contributed by atoms with van der Waals surface area (Å²) < 4.78 is 6.05. The van der Waals surface area contributed by atoms with Crippen molar-refractivity contribution in [2.45, 2.75) is 12.5 Å². The third kappa shape index (κ3) is 4.12. The molecule has 0 saturated carbocycles. The van der Waals surface area contributed by atoms with Crippen LogP contribution in [0.3, 0.4) is 0 Å². The first-order valence-electron chi connectivity index (χ1n) is 9.44. The minimum absolute atomic E-state index is 0.224. The summed E-state index contributed by atoms with van der Waals surface area (Å²) in [5, 5.41) is 2.79. The molecule has 0 N–H and O–H groups in total. The molecule has 27 heavy (non-hydrogen) atoms. The van der Waals surface area contributed by atoms with Crippen molar-refractivity contribution in [2.75, 3.05) is 19.4 Å². The minimum atomic E-state index is -1.59. The van der Waals surface area contributed by atoms with E-state index in [0.29, 0.717) is 6.61 Å². The van der Waals surface area contributed by atoms with Crippen LogP contribution in [0.15, 0.2) is 96.0 Å². The van der Waals surface area contributed by atoms with Crippen molar-refractivity contribution in [3.05, 3.63) is 96.6 Å². The Morgan fingerprint density at radius 2 is 1.33 bits per heavy atom. The van der Waals surface area contributed by atoms with Gasteiger partial charge in [0.1, 0.15) is 12.8 Å². The van der Waals surface area contributed by atoms with Crippen molar-refractivity contribution in [1.82, 2.24) is 0 Å². The molecule has 2 nitrogen and oxygen atoms in total. The number of hydrogen-bond acceptors (Lipinski definition) is 2. The Labute approximate surface area is 162 Å². The molecule has 3 aromatic carbocycles. The summed E-state index contributed by atoms with van der Waals surface area (Å²) in [6.07, 6.45) is 1.82. The quantitative estimate of drug-likeness (QED) is 0.589. The molecule has 0 amide bonds. The average molecular weight is 374 g/mol. The molecule has 0 radical (unpaired) electrons. The monoisotopic (exact) mass is 374 g/mol. The Balaban J connectivity index is 1.58. The maximum absolute atomic E-state index is 6.05. The highest BCUT2D eigenvalue weighted by atomic mass is 31.2. The molecule has 0 spiro atoms. The lowest BCUT2D eigenvalue weighted by atomic mass is 10.1. The minimum Gasteiger partial charge on any atom is -0.476 e. The molecular formula is C24H25NOP+. The zero-order valence-corrected chi connectivity index (χ0v) is 16.6. The Morgan fingerprint density at radius 1 is 0.815 bits per heavy atom. The Hall–Kier alpha value is -2.44. The van der Waals surface area contributed by atoms with E-state index in [1.807, 2.05) is 0 Å². The average Bonchev–Trinajstić information content (AvgIpc) is 3.16. The zero-order chi connectivity index (χ0) is 18.5. The third-order valence-corrected chi connectivity index (χ3v) is 8.97. The van der Waals surface area contributed by atoms with E-state index in [1.165, 1.54) is 16.2 Å². The fraction of sp³-hybridized carbons (Fsp3) is 0.208. The topological polar surface area (TPSA) is 21.6 Å². The van der Waals surface area contributed by atoms with Gasteiger partial charge in [0, 0.05) is 0 Å². The van der Waals surface area contributed by atoms with Gasteiger partial charge in [0.05, 0.1) is 30.6 Å². The lowest BCUT2D eigenvalue weighted by molar-refractivity contribution is 0.314. The van der Waals surface area contributed by atoms with Crippen molar-refractivity contribution >= 4 is 23.8 Å². The maximum Gasteiger partial charge on any atom is 0.223 e. The summed E-state index contributed by atoms with van der Waals surface area (Å²) in [6.45, 7) is 3.09. The second-order valence-corrected chi connectivity index (χ2v) is 10.9. The summed E-state index contributed by atoms with van der Waals surface area (Å²) in [6, 6.07) is 32.5. The van der Waals surface area contributed by atoms with Gasteiger partial charge in [0.2, 0.25) is 5.90 Å². The van der Waals surface area contributed by atoms with Crippen LogP contribution in [0.4, 0.5) is 0 Å². The van der Waals surface area contributed by atoms with Crippen molar-refractivity contribution in [3.8, 4) is 0 Å². The van der Waals surface area contributed by atoms with Gasteiger partial charge in [-0.25, -0.2) is 4.99 Å². The number of aliphatic imine (C=N–C) groups is 1. The second-order valence-electron chi connectivity index (χ2n) is 7.20. The van der Waals surface area contributed by atoms with Gasteiger partial charge in [-0.15, -0.1) is 0 Å². The first-order valence-corrected chi connectivity index (χ1v) is 11.9. The molecule has 1 heterocycles. The van der Waals surface area contributed by atoms with Gasteiger partial charge in [-0.05, 0) is 36.2 Å². The number of benzene rings is 3. The summed E-state index contributed by atoms with van der Waals surface area (Å²) in [5.41, 5.74) is 1.32. The molecule has 1 aliphatic heterocycles. The van der Waals surface area contributed by atoms with Crippen molar-refractivity contribution < 1.29 is 4.74 Å². The maximum atomic E-state index is 6.05. The SMILES string of the molecule is C[P+](CC1=NC(Cc2ccccc2)CO1)(c1ccccc1)c1ccccc1. The lowest BCUT2D eigenvalue weighted by Gasteiger charge is -2.22. The smallest absolute Gasteiger partial charge is 0.223 e. The van der Waals surface area contributed by atoms with E-state index >= 15 is 0 Å².